The van der Waals surface area contributed by atoms with Gasteiger partial charge in [-0.1, -0.05) is 62.4 Å². The average Bonchev–Trinajstić information content (AvgIpc) is 2.73. The lowest BCUT2D eigenvalue weighted by Gasteiger charge is -2.11. The molecule has 150 valence electrons. The number of aromatic nitrogens is 2. The highest BCUT2D eigenvalue weighted by atomic mass is 16.2. The minimum absolute atomic E-state index is 0.191. The highest BCUT2D eigenvalue weighted by molar-refractivity contribution is 6.05. The minimum atomic E-state index is -0.424. The Morgan fingerprint density at radius 2 is 1.72 bits per heavy atom. The second kappa shape index (κ2) is 9.28. The molecule has 0 unspecified atom stereocenters. The average molecular weight is 390 g/mol. The van der Waals surface area contributed by atoms with Gasteiger partial charge in [0.05, 0.1) is 11.9 Å². The summed E-state index contributed by atoms with van der Waals surface area (Å²) in [6.07, 6.45) is 1.83. The smallest absolute Gasteiger partial charge is 0.267 e. The fourth-order valence-electron chi connectivity index (χ4n) is 3.02. The maximum atomic E-state index is 12.9. The van der Waals surface area contributed by atoms with E-state index in [9.17, 15) is 9.59 Å². The monoisotopic (exact) mass is 390 g/mol. The molecule has 0 aliphatic heterocycles. The van der Waals surface area contributed by atoms with Crippen molar-refractivity contribution in [1.82, 2.24) is 15.2 Å². The zero-order chi connectivity index (χ0) is 20.8. The molecule has 0 saturated heterocycles. The summed E-state index contributed by atoms with van der Waals surface area (Å²) >= 11 is 0. The highest BCUT2D eigenvalue weighted by Gasteiger charge is 2.16. The van der Waals surface area contributed by atoms with Crippen LogP contribution in [0.4, 0.5) is 0 Å². The van der Waals surface area contributed by atoms with Crippen molar-refractivity contribution in [3.05, 3.63) is 76.2 Å². The van der Waals surface area contributed by atoms with E-state index in [-0.39, 0.29) is 11.3 Å². The van der Waals surface area contributed by atoms with E-state index in [2.05, 4.69) is 29.5 Å². The van der Waals surface area contributed by atoms with Gasteiger partial charge in [0.2, 0.25) is 0 Å². The van der Waals surface area contributed by atoms with E-state index < -0.39 is 5.91 Å². The molecule has 1 aromatic heterocycles. The lowest BCUT2D eigenvalue weighted by molar-refractivity contribution is 0.0949. The molecule has 0 bridgehead atoms. The molecule has 0 fully saturated rings. The fourth-order valence-corrected chi connectivity index (χ4v) is 3.02. The van der Waals surface area contributed by atoms with E-state index in [1.807, 2.05) is 37.3 Å². The molecule has 0 spiro atoms. The van der Waals surface area contributed by atoms with Gasteiger partial charge in [-0.15, -0.1) is 0 Å². The van der Waals surface area contributed by atoms with Crippen molar-refractivity contribution in [2.75, 3.05) is 0 Å². The highest BCUT2D eigenvalue weighted by Crippen LogP contribution is 2.14. The molecule has 3 rings (SSSR count). The SMILES string of the molecule is C/C(CCC(C)C)=N\NC(=O)c1nn(Cc2ccccc2)c(=O)c2ccccc12. The van der Waals surface area contributed by atoms with Crippen LogP contribution < -0.4 is 11.0 Å². The number of benzene rings is 2. The molecule has 0 aliphatic rings. The molecule has 0 radical (unpaired) electrons. The third kappa shape index (κ3) is 5.16. The second-order valence-corrected chi connectivity index (χ2v) is 7.56. The summed E-state index contributed by atoms with van der Waals surface area (Å²) in [5.41, 5.74) is 4.36. The Labute approximate surface area is 170 Å². The molecule has 29 heavy (non-hydrogen) atoms. The summed E-state index contributed by atoms with van der Waals surface area (Å²) in [6, 6.07) is 16.6. The summed E-state index contributed by atoms with van der Waals surface area (Å²) in [5, 5.41) is 9.56. The van der Waals surface area contributed by atoms with E-state index >= 15 is 0 Å². The van der Waals surface area contributed by atoms with Crippen molar-refractivity contribution in [3.63, 3.8) is 0 Å². The molecule has 0 atom stereocenters. The van der Waals surface area contributed by atoms with E-state index in [1.54, 1.807) is 24.3 Å². The first-order valence-corrected chi connectivity index (χ1v) is 9.83. The van der Waals surface area contributed by atoms with Crippen LogP contribution in [0, 0.1) is 5.92 Å². The first-order chi connectivity index (χ1) is 14.0. The third-order valence-electron chi connectivity index (χ3n) is 4.69. The lowest BCUT2D eigenvalue weighted by Crippen LogP contribution is -2.29. The Morgan fingerprint density at radius 3 is 2.41 bits per heavy atom. The summed E-state index contributed by atoms with van der Waals surface area (Å²) in [6.45, 7) is 6.49. The predicted octanol–water partition coefficient (Wildman–Crippen LogP) is 3.99. The van der Waals surface area contributed by atoms with Crippen molar-refractivity contribution < 1.29 is 4.79 Å². The van der Waals surface area contributed by atoms with Crippen LogP contribution in [0.1, 0.15) is 49.7 Å². The van der Waals surface area contributed by atoms with E-state index in [0.717, 1.165) is 24.1 Å². The van der Waals surface area contributed by atoms with Crippen LogP contribution in [0.15, 0.2) is 64.5 Å². The quantitative estimate of drug-likeness (QED) is 0.490. The number of rotatable bonds is 7. The van der Waals surface area contributed by atoms with Gasteiger partial charge in [0.1, 0.15) is 0 Å². The van der Waals surface area contributed by atoms with Gasteiger partial charge in [-0.25, -0.2) is 10.1 Å². The van der Waals surface area contributed by atoms with Crippen LogP contribution in [-0.2, 0) is 6.54 Å². The first kappa shape index (κ1) is 20.5. The van der Waals surface area contributed by atoms with Crippen molar-refractivity contribution in [3.8, 4) is 0 Å². The van der Waals surface area contributed by atoms with Gasteiger partial charge in [0.25, 0.3) is 11.5 Å². The maximum absolute atomic E-state index is 12.9. The number of fused-ring (bicyclic) bond motifs is 1. The van der Waals surface area contributed by atoms with E-state index in [1.165, 1.54) is 4.68 Å². The first-order valence-electron chi connectivity index (χ1n) is 9.83. The Hall–Kier alpha value is -3.28. The van der Waals surface area contributed by atoms with Gasteiger partial charge in [-0.3, -0.25) is 9.59 Å². The Kier molecular flexibility index (Phi) is 6.54. The van der Waals surface area contributed by atoms with Crippen molar-refractivity contribution in [1.29, 1.82) is 0 Å². The Balaban J connectivity index is 1.94. The molecular weight excluding hydrogens is 364 g/mol. The van der Waals surface area contributed by atoms with Crippen molar-refractivity contribution >= 4 is 22.4 Å². The van der Waals surface area contributed by atoms with Gasteiger partial charge in [-0.05, 0) is 37.3 Å². The van der Waals surface area contributed by atoms with Crippen LogP contribution >= 0.6 is 0 Å². The zero-order valence-corrected chi connectivity index (χ0v) is 17.1. The van der Waals surface area contributed by atoms with Gasteiger partial charge >= 0.3 is 0 Å². The summed E-state index contributed by atoms with van der Waals surface area (Å²) in [4.78, 5) is 25.7. The number of hydrogen-bond acceptors (Lipinski definition) is 4. The number of amides is 1. The number of nitrogens with zero attached hydrogens (tertiary/aromatic N) is 3. The number of carbonyl (C=O) groups is 1. The minimum Gasteiger partial charge on any atom is -0.267 e. The standard InChI is InChI=1S/C23H26N4O2/c1-16(2)13-14-17(3)24-25-22(28)21-19-11-7-8-12-20(19)23(29)27(26-21)15-18-9-5-4-6-10-18/h4-12,16H,13-15H2,1-3H3,(H,25,28)/b24-17+. The Bertz CT molecular complexity index is 1080. The van der Waals surface area contributed by atoms with Gasteiger partial charge in [0.15, 0.2) is 5.69 Å². The van der Waals surface area contributed by atoms with E-state index in [0.29, 0.717) is 23.2 Å². The van der Waals surface area contributed by atoms with Crippen LogP contribution in [0.2, 0.25) is 0 Å². The summed E-state index contributed by atoms with van der Waals surface area (Å²) in [5.74, 6) is 0.148. The normalized spacial score (nSPS) is 11.8. The largest absolute Gasteiger partial charge is 0.292 e. The molecule has 1 N–H and O–H groups in total. The molecule has 0 saturated carbocycles. The second-order valence-electron chi connectivity index (χ2n) is 7.56. The van der Waals surface area contributed by atoms with Crippen LogP contribution in [0.5, 0.6) is 0 Å². The number of hydrazone groups is 1. The number of carbonyl (C=O) groups excluding carboxylic acids is 1. The van der Waals surface area contributed by atoms with Gasteiger partial charge < -0.3 is 0 Å². The maximum Gasteiger partial charge on any atom is 0.292 e. The molecule has 2 aromatic carbocycles. The van der Waals surface area contributed by atoms with Gasteiger partial charge in [-0.2, -0.15) is 10.2 Å². The van der Waals surface area contributed by atoms with Crippen LogP contribution in [0.3, 0.4) is 0 Å². The molecule has 0 aliphatic carbocycles. The molecule has 3 aromatic rings. The zero-order valence-electron chi connectivity index (χ0n) is 17.1. The van der Waals surface area contributed by atoms with E-state index in [4.69, 9.17) is 0 Å². The molecule has 1 amide bonds. The van der Waals surface area contributed by atoms with Crippen molar-refractivity contribution in [2.45, 2.75) is 40.2 Å². The van der Waals surface area contributed by atoms with Crippen LogP contribution in [-0.4, -0.2) is 21.4 Å². The molecule has 6 nitrogen and oxygen atoms in total. The number of nitrogens with one attached hydrogen (secondary N) is 1. The lowest BCUT2D eigenvalue weighted by atomic mass is 10.1. The van der Waals surface area contributed by atoms with Gasteiger partial charge in [0, 0.05) is 11.1 Å². The van der Waals surface area contributed by atoms with Crippen molar-refractivity contribution in [2.24, 2.45) is 11.0 Å². The molecular formula is C23H26N4O2. The summed E-state index contributed by atoms with van der Waals surface area (Å²) in [7, 11) is 0. The fraction of sp³-hybridized carbons (Fsp3) is 0.304. The van der Waals surface area contributed by atoms with Crippen LogP contribution in [0.25, 0.3) is 10.8 Å². The number of hydrogen-bond donors (Lipinski definition) is 1. The molecule has 6 heteroatoms. The predicted molar refractivity (Wildman–Crippen MR) is 116 cm³/mol. The summed E-state index contributed by atoms with van der Waals surface area (Å²) < 4.78 is 1.34. The third-order valence-corrected chi connectivity index (χ3v) is 4.69. The Morgan fingerprint density at radius 1 is 1.07 bits per heavy atom. The topological polar surface area (TPSA) is 76.3 Å². The molecule has 1 heterocycles.